The molecular weight excluding hydrogens is 920 g/mol. The SMILES string of the molecule is CCCCCCCCCCCCCCCCCCCC(=O)OC(COC(=O)CCCCCCCCCCCCCC)COP(=O)(O)OC1C(O)C(O)C(O)C(O)C1OC1OC(CO)C(O)C(O)C1O. The number of hydrogen-bond donors (Lipinski definition) is 9. The van der Waals surface area contributed by atoms with E-state index in [0.717, 1.165) is 51.4 Å². The van der Waals surface area contributed by atoms with E-state index in [4.69, 9.17) is 28.0 Å². The van der Waals surface area contributed by atoms with E-state index in [9.17, 15) is 59.9 Å². The van der Waals surface area contributed by atoms with Crippen LogP contribution in [0.25, 0.3) is 0 Å². The summed E-state index contributed by atoms with van der Waals surface area (Å²) in [5.41, 5.74) is 0. The summed E-state index contributed by atoms with van der Waals surface area (Å²) in [7, 11) is -5.37. The van der Waals surface area contributed by atoms with Crippen LogP contribution in [0.15, 0.2) is 0 Å². The summed E-state index contributed by atoms with van der Waals surface area (Å²) in [5.74, 6) is -1.20. The van der Waals surface area contributed by atoms with Crippen molar-refractivity contribution in [2.45, 2.75) is 286 Å². The van der Waals surface area contributed by atoms with Crippen molar-refractivity contribution >= 4 is 19.8 Å². The lowest BCUT2D eigenvalue weighted by molar-refractivity contribution is -0.338. The van der Waals surface area contributed by atoms with Crippen LogP contribution in [0.2, 0.25) is 0 Å². The third-order valence-electron chi connectivity index (χ3n) is 13.3. The van der Waals surface area contributed by atoms with Gasteiger partial charge < -0.3 is 64.7 Å². The zero-order chi connectivity index (χ0) is 50.9. The fraction of sp³-hybridized carbons (Fsp3) is 0.960. The van der Waals surface area contributed by atoms with Gasteiger partial charge in [0.1, 0.15) is 67.6 Å². The third kappa shape index (κ3) is 27.0. The Hall–Kier alpha value is -1.35. The Morgan fingerprint density at radius 1 is 0.493 bits per heavy atom. The van der Waals surface area contributed by atoms with E-state index in [1.54, 1.807) is 0 Å². The quantitative estimate of drug-likeness (QED) is 0.0174. The molecule has 2 aliphatic rings. The van der Waals surface area contributed by atoms with Gasteiger partial charge in [-0.15, -0.1) is 0 Å². The lowest BCUT2D eigenvalue weighted by atomic mass is 9.84. The lowest BCUT2D eigenvalue weighted by Crippen LogP contribution is -2.67. The number of unbranched alkanes of at least 4 members (excludes halogenated alkanes) is 27. The van der Waals surface area contributed by atoms with Crippen LogP contribution in [0.3, 0.4) is 0 Å². The van der Waals surface area contributed by atoms with E-state index >= 15 is 0 Å². The first-order chi connectivity index (χ1) is 33.2. The van der Waals surface area contributed by atoms with Crippen molar-refractivity contribution in [2.75, 3.05) is 19.8 Å². The summed E-state index contributed by atoms with van der Waals surface area (Å²) in [6.07, 6.45) is 10.4. The summed E-state index contributed by atoms with van der Waals surface area (Å²) < 4.78 is 45.5. The molecule has 2 rings (SSSR count). The number of aliphatic hydroxyl groups excluding tert-OH is 8. The van der Waals surface area contributed by atoms with Gasteiger partial charge in [-0.2, -0.15) is 0 Å². The molecule has 0 bridgehead atoms. The Labute approximate surface area is 412 Å². The fourth-order valence-corrected chi connectivity index (χ4v) is 9.85. The highest BCUT2D eigenvalue weighted by molar-refractivity contribution is 7.47. The average molecular weight is 1020 g/mol. The summed E-state index contributed by atoms with van der Waals surface area (Å²) in [5, 5.41) is 83.0. The van der Waals surface area contributed by atoms with Crippen LogP contribution >= 0.6 is 7.82 Å². The van der Waals surface area contributed by atoms with Crippen molar-refractivity contribution < 1.29 is 87.9 Å². The second-order valence-corrected chi connectivity index (χ2v) is 20.8. The van der Waals surface area contributed by atoms with Gasteiger partial charge in [0.15, 0.2) is 12.4 Å². The van der Waals surface area contributed by atoms with Crippen molar-refractivity contribution in [1.29, 1.82) is 0 Å². The van der Waals surface area contributed by atoms with E-state index in [1.165, 1.54) is 122 Å². The number of esters is 2. The molecule has 0 radical (unpaired) electrons. The fourth-order valence-electron chi connectivity index (χ4n) is 8.88. The van der Waals surface area contributed by atoms with Crippen LogP contribution < -0.4 is 0 Å². The number of ether oxygens (including phenoxy) is 4. The average Bonchev–Trinajstić information content (AvgIpc) is 3.33. The Kier molecular flexibility index (Phi) is 35.4. The van der Waals surface area contributed by atoms with Crippen LogP contribution in [0.5, 0.6) is 0 Å². The smallest absolute Gasteiger partial charge is 0.462 e. The standard InChI is InChI=1S/C50H95O18P/c1-3-5-7-9-11-13-15-17-18-19-20-21-23-25-27-29-31-33-40(53)65-37(35-63-39(52)32-30-28-26-24-22-16-14-12-10-8-6-4-2)36-64-69(61,62)68-49-46(59)44(57)43(56)45(58)48(49)67-50-47(60)42(55)41(54)38(34-51)66-50/h37-38,41-51,54-60H,3-36H2,1-2H3,(H,61,62). The first-order valence-corrected chi connectivity index (χ1v) is 28.4. The Morgan fingerprint density at radius 2 is 0.870 bits per heavy atom. The zero-order valence-corrected chi connectivity index (χ0v) is 43.0. The minimum atomic E-state index is -5.37. The molecule has 69 heavy (non-hydrogen) atoms. The van der Waals surface area contributed by atoms with Gasteiger partial charge in [0.2, 0.25) is 0 Å². The van der Waals surface area contributed by atoms with E-state index < -0.39 is 113 Å². The maximum Gasteiger partial charge on any atom is 0.472 e. The van der Waals surface area contributed by atoms with Crippen molar-refractivity contribution in [3.05, 3.63) is 0 Å². The van der Waals surface area contributed by atoms with Gasteiger partial charge in [0.05, 0.1) is 13.2 Å². The van der Waals surface area contributed by atoms with Crippen LogP contribution in [0.1, 0.15) is 213 Å². The van der Waals surface area contributed by atoms with Gasteiger partial charge in [-0.3, -0.25) is 18.6 Å². The molecule has 0 aromatic rings. The third-order valence-corrected chi connectivity index (χ3v) is 14.3. The molecule has 2 fully saturated rings. The Bertz CT molecular complexity index is 1340. The number of hydrogen-bond acceptors (Lipinski definition) is 17. The van der Waals surface area contributed by atoms with Gasteiger partial charge in [-0.25, -0.2) is 4.57 Å². The predicted octanol–water partition coefficient (Wildman–Crippen LogP) is 6.72. The molecule has 1 saturated heterocycles. The maximum absolute atomic E-state index is 13.4. The van der Waals surface area contributed by atoms with E-state index in [0.29, 0.717) is 12.8 Å². The van der Waals surface area contributed by atoms with Crippen LogP contribution in [-0.2, 0) is 42.1 Å². The molecule has 0 aromatic heterocycles. The first-order valence-electron chi connectivity index (χ1n) is 26.9. The van der Waals surface area contributed by atoms with Crippen LogP contribution in [0, 0.1) is 0 Å². The largest absolute Gasteiger partial charge is 0.472 e. The van der Waals surface area contributed by atoms with Crippen molar-refractivity contribution in [3.63, 3.8) is 0 Å². The number of carbonyl (C=O) groups is 2. The number of aliphatic hydroxyl groups is 8. The molecule has 1 aliphatic carbocycles. The lowest BCUT2D eigenvalue weighted by Gasteiger charge is -2.47. The molecule has 1 heterocycles. The molecule has 19 heteroatoms. The van der Waals surface area contributed by atoms with Crippen molar-refractivity contribution in [3.8, 4) is 0 Å². The molecule has 13 atom stereocenters. The summed E-state index contributed by atoms with van der Waals surface area (Å²) in [4.78, 5) is 36.6. The molecule has 18 nitrogen and oxygen atoms in total. The van der Waals surface area contributed by atoms with Gasteiger partial charge >= 0.3 is 19.8 Å². The van der Waals surface area contributed by atoms with E-state index in [2.05, 4.69) is 13.8 Å². The highest BCUT2D eigenvalue weighted by Crippen LogP contribution is 2.48. The normalized spacial score (nSPS) is 27.5. The second-order valence-electron chi connectivity index (χ2n) is 19.4. The second kappa shape index (κ2) is 38.3. The van der Waals surface area contributed by atoms with E-state index in [-0.39, 0.29) is 12.8 Å². The number of carbonyl (C=O) groups excluding carboxylic acids is 2. The molecule has 1 saturated carbocycles. The first kappa shape index (κ1) is 63.8. The monoisotopic (exact) mass is 1010 g/mol. The van der Waals surface area contributed by atoms with Crippen molar-refractivity contribution in [1.82, 2.24) is 0 Å². The molecule has 1 aliphatic heterocycles. The topological polar surface area (TPSA) is 289 Å². The minimum absolute atomic E-state index is 0.0402. The highest BCUT2D eigenvalue weighted by atomic mass is 31.2. The van der Waals surface area contributed by atoms with Crippen LogP contribution in [0.4, 0.5) is 0 Å². The predicted molar refractivity (Wildman–Crippen MR) is 259 cm³/mol. The zero-order valence-electron chi connectivity index (χ0n) is 42.1. The minimum Gasteiger partial charge on any atom is -0.462 e. The molecule has 0 aromatic carbocycles. The molecular formula is C50H95O18P. The molecule has 13 unspecified atom stereocenters. The molecule has 0 amide bonds. The molecule has 9 N–H and O–H groups in total. The van der Waals surface area contributed by atoms with Crippen molar-refractivity contribution in [2.24, 2.45) is 0 Å². The van der Waals surface area contributed by atoms with E-state index in [1.807, 2.05) is 0 Å². The highest BCUT2D eigenvalue weighted by Gasteiger charge is 2.55. The molecule has 0 spiro atoms. The van der Waals surface area contributed by atoms with Gasteiger partial charge in [0, 0.05) is 12.8 Å². The van der Waals surface area contributed by atoms with Gasteiger partial charge in [-0.05, 0) is 12.8 Å². The summed E-state index contributed by atoms with van der Waals surface area (Å²) in [6, 6.07) is 0. The number of phosphoric acid groups is 1. The Morgan fingerprint density at radius 3 is 1.29 bits per heavy atom. The summed E-state index contributed by atoms with van der Waals surface area (Å²) in [6.45, 7) is 2.26. The maximum atomic E-state index is 13.4. The Balaban J connectivity index is 1.91. The number of phosphoric ester groups is 1. The van der Waals surface area contributed by atoms with Gasteiger partial charge in [-0.1, -0.05) is 187 Å². The van der Waals surface area contributed by atoms with Gasteiger partial charge in [0.25, 0.3) is 0 Å². The number of rotatable bonds is 42. The van der Waals surface area contributed by atoms with Crippen LogP contribution in [-0.4, -0.2) is 151 Å². The molecule has 408 valence electrons. The summed E-state index contributed by atoms with van der Waals surface area (Å²) >= 11 is 0.